The lowest BCUT2D eigenvalue weighted by atomic mass is 10.1. The first-order chi connectivity index (χ1) is 8.20. The van der Waals surface area contributed by atoms with Gasteiger partial charge in [0.25, 0.3) is 0 Å². The normalized spacial score (nSPS) is 12.6. The molecule has 0 aliphatic rings. The third-order valence-electron chi connectivity index (χ3n) is 2.64. The van der Waals surface area contributed by atoms with E-state index < -0.39 is 0 Å². The molecular weight excluding hydrogens is 298 g/mol. The number of halogens is 1. The second-order valence-electron chi connectivity index (χ2n) is 3.74. The number of thiophene rings is 1. The van der Waals surface area contributed by atoms with Crippen LogP contribution in [0.5, 0.6) is 0 Å². The molecule has 2 rings (SSSR count). The highest BCUT2D eigenvalue weighted by Crippen LogP contribution is 2.29. The average molecular weight is 312 g/mol. The summed E-state index contributed by atoms with van der Waals surface area (Å²) in [6.07, 6.45) is 2.57. The summed E-state index contributed by atoms with van der Waals surface area (Å²) in [5.41, 5.74) is 6.94. The highest BCUT2D eigenvalue weighted by atomic mass is 79.9. The predicted molar refractivity (Wildman–Crippen MR) is 76.2 cm³/mol. The molecule has 0 aliphatic carbocycles. The van der Waals surface area contributed by atoms with Crippen molar-refractivity contribution in [1.82, 2.24) is 10.3 Å². The molecule has 0 spiro atoms. The Balaban J connectivity index is 2.18. The molecular formula is C12H14BrN3S. The minimum absolute atomic E-state index is 0.276. The van der Waals surface area contributed by atoms with E-state index in [0.29, 0.717) is 5.82 Å². The predicted octanol–water partition coefficient (Wildman–Crippen LogP) is 2.99. The summed E-state index contributed by atoms with van der Waals surface area (Å²) in [5, 5.41) is 3.31. The number of nitrogens with two attached hydrogens (primary N) is 1. The average Bonchev–Trinajstić information content (AvgIpc) is 2.75. The quantitative estimate of drug-likeness (QED) is 0.912. The molecule has 3 N–H and O–H groups in total. The Morgan fingerprint density at radius 1 is 1.47 bits per heavy atom. The number of rotatable bonds is 4. The lowest BCUT2D eigenvalue weighted by molar-refractivity contribution is 0.602. The second-order valence-corrected chi connectivity index (χ2v) is 6.23. The van der Waals surface area contributed by atoms with Crippen LogP contribution in [0.1, 0.15) is 16.5 Å². The van der Waals surface area contributed by atoms with E-state index in [1.807, 2.05) is 19.2 Å². The Labute approximate surface area is 113 Å². The Morgan fingerprint density at radius 2 is 2.29 bits per heavy atom. The van der Waals surface area contributed by atoms with Crippen LogP contribution in [0.2, 0.25) is 0 Å². The lowest BCUT2D eigenvalue weighted by Crippen LogP contribution is -2.18. The summed E-state index contributed by atoms with van der Waals surface area (Å²) < 4.78 is 1.15. The first kappa shape index (κ1) is 12.5. The van der Waals surface area contributed by atoms with Gasteiger partial charge in [0, 0.05) is 17.1 Å². The van der Waals surface area contributed by atoms with Crippen molar-refractivity contribution in [3.8, 4) is 0 Å². The van der Waals surface area contributed by atoms with Crippen molar-refractivity contribution in [2.45, 2.75) is 12.5 Å². The fraction of sp³-hybridized carbons (Fsp3) is 0.250. The highest BCUT2D eigenvalue weighted by Gasteiger charge is 2.13. The van der Waals surface area contributed by atoms with Crippen LogP contribution in [0.3, 0.4) is 0 Å². The molecule has 0 aromatic carbocycles. The number of nitrogens with one attached hydrogen (secondary N) is 1. The molecule has 0 bridgehead atoms. The summed E-state index contributed by atoms with van der Waals surface area (Å²) in [7, 11) is 1.96. The van der Waals surface area contributed by atoms with E-state index >= 15 is 0 Å². The van der Waals surface area contributed by atoms with Crippen molar-refractivity contribution in [3.63, 3.8) is 0 Å². The maximum atomic E-state index is 5.86. The highest BCUT2D eigenvalue weighted by molar-refractivity contribution is 9.11. The monoisotopic (exact) mass is 311 g/mol. The number of nitrogen functional groups attached to an aromatic ring is 1. The molecule has 2 heterocycles. The molecule has 2 aromatic rings. The van der Waals surface area contributed by atoms with E-state index in [9.17, 15) is 0 Å². The van der Waals surface area contributed by atoms with Gasteiger partial charge in [-0.1, -0.05) is 6.07 Å². The van der Waals surface area contributed by atoms with Crippen LogP contribution >= 0.6 is 27.3 Å². The van der Waals surface area contributed by atoms with Crippen molar-refractivity contribution >= 4 is 33.1 Å². The molecule has 1 unspecified atom stereocenters. The third kappa shape index (κ3) is 3.06. The Kier molecular flexibility index (Phi) is 4.15. The summed E-state index contributed by atoms with van der Waals surface area (Å²) in [5.74, 6) is 0.614. The standard InChI is InChI=1S/C12H14BrN3S/c1-15-9(10-4-5-11(13)17-10)7-8-3-2-6-16-12(8)14/h2-6,9,15H,7H2,1H3,(H2,14,16). The van der Waals surface area contributed by atoms with E-state index in [1.165, 1.54) is 4.88 Å². The molecule has 90 valence electrons. The zero-order chi connectivity index (χ0) is 12.3. The molecule has 0 aliphatic heterocycles. The van der Waals surface area contributed by atoms with E-state index in [0.717, 1.165) is 15.8 Å². The molecule has 5 heteroatoms. The first-order valence-electron chi connectivity index (χ1n) is 5.32. The fourth-order valence-electron chi connectivity index (χ4n) is 1.70. The van der Waals surface area contributed by atoms with Gasteiger partial charge >= 0.3 is 0 Å². The second kappa shape index (κ2) is 5.62. The summed E-state index contributed by atoms with van der Waals surface area (Å²) in [6.45, 7) is 0. The van der Waals surface area contributed by atoms with Crippen LogP contribution in [0.25, 0.3) is 0 Å². The molecule has 0 radical (unpaired) electrons. The molecule has 17 heavy (non-hydrogen) atoms. The van der Waals surface area contributed by atoms with Crippen LogP contribution in [-0.2, 0) is 6.42 Å². The number of aromatic nitrogens is 1. The van der Waals surface area contributed by atoms with Gasteiger partial charge < -0.3 is 11.1 Å². The van der Waals surface area contributed by atoms with Crippen molar-refractivity contribution in [2.75, 3.05) is 12.8 Å². The van der Waals surface area contributed by atoms with E-state index in [2.05, 4.69) is 38.4 Å². The summed E-state index contributed by atoms with van der Waals surface area (Å²) in [6, 6.07) is 8.41. The zero-order valence-electron chi connectivity index (χ0n) is 9.48. The Morgan fingerprint density at radius 3 is 2.88 bits per heavy atom. The van der Waals surface area contributed by atoms with Gasteiger partial charge in [0.1, 0.15) is 5.82 Å². The number of pyridine rings is 1. The van der Waals surface area contributed by atoms with Gasteiger partial charge in [0.05, 0.1) is 3.79 Å². The zero-order valence-corrected chi connectivity index (χ0v) is 11.9. The molecule has 0 saturated heterocycles. The number of likely N-dealkylation sites (N-methyl/N-ethyl adjacent to an activating group) is 1. The SMILES string of the molecule is CNC(Cc1cccnc1N)c1ccc(Br)s1. The van der Waals surface area contributed by atoms with Crippen LogP contribution in [0.4, 0.5) is 5.82 Å². The van der Waals surface area contributed by atoms with Crippen molar-refractivity contribution in [2.24, 2.45) is 0 Å². The fourth-order valence-corrected chi connectivity index (χ4v) is 3.24. The van der Waals surface area contributed by atoms with Gasteiger partial charge in [-0.2, -0.15) is 0 Å². The van der Waals surface area contributed by atoms with E-state index in [-0.39, 0.29) is 6.04 Å². The first-order valence-corrected chi connectivity index (χ1v) is 6.93. The van der Waals surface area contributed by atoms with Crippen molar-refractivity contribution in [1.29, 1.82) is 0 Å². The Bertz CT molecular complexity index is 498. The van der Waals surface area contributed by atoms with Crippen molar-refractivity contribution in [3.05, 3.63) is 44.7 Å². The van der Waals surface area contributed by atoms with Crippen LogP contribution in [0.15, 0.2) is 34.2 Å². The molecule has 3 nitrogen and oxygen atoms in total. The molecule has 2 aromatic heterocycles. The lowest BCUT2D eigenvalue weighted by Gasteiger charge is -2.15. The third-order valence-corrected chi connectivity index (χ3v) is 4.37. The number of nitrogens with zero attached hydrogens (tertiary/aromatic N) is 1. The number of anilines is 1. The summed E-state index contributed by atoms with van der Waals surface area (Å²) >= 11 is 5.22. The number of hydrogen-bond donors (Lipinski definition) is 2. The molecule has 0 amide bonds. The van der Waals surface area contributed by atoms with Gasteiger partial charge in [-0.15, -0.1) is 11.3 Å². The minimum Gasteiger partial charge on any atom is -0.383 e. The Hall–Kier alpha value is -0.910. The maximum Gasteiger partial charge on any atom is 0.126 e. The minimum atomic E-state index is 0.276. The molecule has 0 fully saturated rings. The summed E-state index contributed by atoms with van der Waals surface area (Å²) in [4.78, 5) is 5.40. The molecule has 0 saturated carbocycles. The van der Waals surface area contributed by atoms with Gasteiger partial charge in [-0.05, 0) is 53.2 Å². The van der Waals surface area contributed by atoms with Gasteiger partial charge in [-0.3, -0.25) is 0 Å². The van der Waals surface area contributed by atoms with Gasteiger partial charge in [0.2, 0.25) is 0 Å². The van der Waals surface area contributed by atoms with E-state index in [4.69, 9.17) is 5.73 Å². The van der Waals surface area contributed by atoms with Crippen LogP contribution in [0, 0.1) is 0 Å². The topological polar surface area (TPSA) is 50.9 Å². The van der Waals surface area contributed by atoms with Gasteiger partial charge in [0.15, 0.2) is 0 Å². The molecule has 1 atom stereocenters. The van der Waals surface area contributed by atoms with Gasteiger partial charge in [-0.25, -0.2) is 4.98 Å². The number of hydrogen-bond acceptors (Lipinski definition) is 4. The van der Waals surface area contributed by atoms with Crippen LogP contribution in [-0.4, -0.2) is 12.0 Å². The van der Waals surface area contributed by atoms with Crippen LogP contribution < -0.4 is 11.1 Å². The largest absolute Gasteiger partial charge is 0.383 e. The van der Waals surface area contributed by atoms with E-state index in [1.54, 1.807) is 17.5 Å². The maximum absolute atomic E-state index is 5.86. The smallest absolute Gasteiger partial charge is 0.126 e. The van der Waals surface area contributed by atoms with Crippen molar-refractivity contribution < 1.29 is 0 Å².